The van der Waals surface area contributed by atoms with Crippen LogP contribution in [0.1, 0.15) is 24.4 Å². The number of nitrogens with two attached hydrogens (primary N) is 1. The maximum Gasteiger partial charge on any atom is 0.231 e. The van der Waals surface area contributed by atoms with Crippen molar-refractivity contribution >= 4 is 17.7 Å². The lowest BCUT2D eigenvalue weighted by atomic mass is 10.1. The second-order valence-electron chi connectivity index (χ2n) is 6.48. The summed E-state index contributed by atoms with van der Waals surface area (Å²) in [5.41, 5.74) is 6.72. The number of amides is 1. The molecule has 3 aromatic rings. The van der Waals surface area contributed by atoms with Gasteiger partial charge in [-0.1, -0.05) is 18.2 Å². The van der Waals surface area contributed by atoms with Crippen LogP contribution in [0.15, 0.2) is 47.4 Å². The predicted molar refractivity (Wildman–Crippen MR) is 101 cm³/mol. The van der Waals surface area contributed by atoms with Gasteiger partial charge in [-0.2, -0.15) is 4.68 Å². The van der Waals surface area contributed by atoms with E-state index in [1.54, 1.807) is 16.4 Å². The van der Waals surface area contributed by atoms with E-state index < -0.39 is 5.41 Å². The summed E-state index contributed by atoms with van der Waals surface area (Å²) in [4.78, 5) is 22.5. The zero-order chi connectivity index (χ0) is 18.3. The minimum Gasteiger partial charge on any atom is -0.369 e. The van der Waals surface area contributed by atoms with E-state index in [1.807, 2.05) is 55.6 Å². The Bertz CT molecular complexity index is 976. The summed E-state index contributed by atoms with van der Waals surface area (Å²) in [5, 5.41) is 4.66. The van der Waals surface area contributed by atoms with Gasteiger partial charge in [0.05, 0.1) is 0 Å². The van der Waals surface area contributed by atoms with Crippen LogP contribution in [0.2, 0.25) is 0 Å². The van der Waals surface area contributed by atoms with Gasteiger partial charge >= 0.3 is 0 Å². The van der Waals surface area contributed by atoms with Crippen LogP contribution in [-0.4, -0.2) is 31.9 Å². The fraction of sp³-hybridized carbons (Fsp3) is 0.263. The van der Waals surface area contributed by atoms with Gasteiger partial charge in [-0.15, -0.1) is 16.9 Å². The summed E-state index contributed by atoms with van der Waals surface area (Å²) in [6.07, 6.45) is 3.42. The zero-order valence-corrected chi connectivity index (χ0v) is 15.5. The second kappa shape index (κ2) is 6.25. The van der Waals surface area contributed by atoms with Gasteiger partial charge in [0, 0.05) is 16.2 Å². The molecule has 1 amide bonds. The van der Waals surface area contributed by atoms with Gasteiger partial charge in [0.2, 0.25) is 5.91 Å². The molecule has 7 heteroatoms. The summed E-state index contributed by atoms with van der Waals surface area (Å²) < 4.78 is 1.67. The average molecular weight is 365 g/mol. The van der Waals surface area contributed by atoms with Crippen LogP contribution in [0.25, 0.3) is 17.2 Å². The Hall–Kier alpha value is -2.67. The number of thioether (sulfide) groups is 1. The molecule has 1 saturated carbocycles. The van der Waals surface area contributed by atoms with E-state index >= 15 is 0 Å². The summed E-state index contributed by atoms with van der Waals surface area (Å²) in [6, 6.07) is 13.7. The monoisotopic (exact) mass is 365 g/mol. The number of carbonyl (C=O) groups is 1. The number of rotatable bonds is 5. The SMILES string of the molecule is CSc1ccc(-c2nc(C3(C(N)=O)CC3)n(-c3cccc(C)n3)n2)cc1. The third-order valence-corrected chi connectivity index (χ3v) is 5.44. The molecule has 1 aliphatic carbocycles. The molecule has 6 nitrogen and oxygen atoms in total. The molecule has 1 aromatic carbocycles. The van der Waals surface area contributed by atoms with Gasteiger partial charge in [0.15, 0.2) is 11.6 Å². The summed E-state index contributed by atoms with van der Waals surface area (Å²) >= 11 is 1.68. The fourth-order valence-corrected chi connectivity index (χ4v) is 3.40. The van der Waals surface area contributed by atoms with Crippen molar-refractivity contribution < 1.29 is 4.79 Å². The number of primary amides is 1. The smallest absolute Gasteiger partial charge is 0.231 e. The Kier molecular flexibility index (Phi) is 4.03. The molecule has 1 fully saturated rings. The van der Waals surface area contributed by atoms with Gasteiger partial charge in [0.25, 0.3) is 0 Å². The third-order valence-electron chi connectivity index (χ3n) is 4.70. The van der Waals surface area contributed by atoms with E-state index in [0.29, 0.717) is 30.3 Å². The van der Waals surface area contributed by atoms with E-state index in [2.05, 4.69) is 10.1 Å². The summed E-state index contributed by atoms with van der Waals surface area (Å²) in [7, 11) is 0. The van der Waals surface area contributed by atoms with E-state index in [1.165, 1.54) is 4.90 Å². The van der Waals surface area contributed by atoms with Crippen molar-refractivity contribution in [2.45, 2.75) is 30.1 Å². The summed E-state index contributed by atoms with van der Waals surface area (Å²) in [6.45, 7) is 1.92. The largest absolute Gasteiger partial charge is 0.369 e. The number of aromatic nitrogens is 4. The van der Waals surface area contributed by atoms with Gasteiger partial charge < -0.3 is 5.73 Å². The molecule has 2 N–H and O–H groups in total. The molecular weight excluding hydrogens is 346 g/mol. The molecule has 0 aliphatic heterocycles. The fourth-order valence-electron chi connectivity index (χ4n) is 3.00. The van der Waals surface area contributed by atoms with Crippen LogP contribution in [0.5, 0.6) is 0 Å². The first-order chi connectivity index (χ1) is 12.5. The first-order valence-electron chi connectivity index (χ1n) is 8.39. The Labute approximate surface area is 155 Å². The molecule has 26 heavy (non-hydrogen) atoms. The molecule has 0 atom stereocenters. The van der Waals surface area contributed by atoms with Crippen LogP contribution in [0, 0.1) is 6.92 Å². The predicted octanol–water partition coefficient (Wildman–Crippen LogP) is 2.88. The highest BCUT2D eigenvalue weighted by Crippen LogP contribution is 2.48. The number of aryl methyl sites for hydroxylation is 1. The van der Waals surface area contributed by atoms with Crippen LogP contribution >= 0.6 is 11.8 Å². The topological polar surface area (TPSA) is 86.7 Å². The molecule has 0 unspecified atom stereocenters. The average Bonchev–Trinajstić information content (AvgIpc) is 3.34. The van der Waals surface area contributed by atoms with Crippen molar-refractivity contribution in [2.24, 2.45) is 5.73 Å². The molecule has 2 aromatic heterocycles. The maximum absolute atomic E-state index is 12.1. The van der Waals surface area contributed by atoms with E-state index in [9.17, 15) is 4.79 Å². The summed E-state index contributed by atoms with van der Waals surface area (Å²) in [5.74, 6) is 1.44. The van der Waals surface area contributed by atoms with Crippen molar-refractivity contribution in [2.75, 3.05) is 6.26 Å². The molecule has 132 valence electrons. The number of nitrogens with zero attached hydrogens (tertiary/aromatic N) is 4. The van der Waals surface area contributed by atoms with Gasteiger partial charge in [-0.25, -0.2) is 9.97 Å². The lowest BCUT2D eigenvalue weighted by Gasteiger charge is -2.11. The molecule has 0 saturated heterocycles. The molecule has 0 radical (unpaired) electrons. The Morgan fingerprint density at radius 2 is 1.88 bits per heavy atom. The quantitative estimate of drug-likeness (QED) is 0.703. The maximum atomic E-state index is 12.1. The number of carbonyl (C=O) groups excluding carboxylic acids is 1. The lowest BCUT2D eigenvalue weighted by Crippen LogP contribution is -2.31. The first kappa shape index (κ1) is 16.8. The van der Waals surface area contributed by atoms with Crippen LogP contribution in [0.3, 0.4) is 0 Å². The van der Waals surface area contributed by atoms with E-state index in [0.717, 1.165) is 11.3 Å². The van der Waals surface area contributed by atoms with Crippen molar-refractivity contribution in [3.05, 3.63) is 54.0 Å². The molecule has 1 aliphatic rings. The number of hydrogen-bond acceptors (Lipinski definition) is 5. The minimum atomic E-state index is -0.740. The van der Waals surface area contributed by atoms with Crippen LogP contribution in [-0.2, 0) is 10.2 Å². The highest BCUT2D eigenvalue weighted by molar-refractivity contribution is 7.98. The second-order valence-corrected chi connectivity index (χ2v) is 7.36. The molecule has 2 heterocycles. The standard InChI is InChI=1S/C19H19N5OS/c1-12-4-3-5-15(21-12)24-18(19(10-11-19)17(20)25)22-16(23-24)13-6-8-14(26-2)9-7-13/h3-9H,10-11H2,1-2H3,(H2,20,25). The third kappa shape index (κ3) is 2.78. The normalized spacial score (nSPS) is 15.0. The van der Waals surface area contributed by atoms with Crippen molar-refractivity contribution in [1.82, 2.24) is 19.7 Å². The Morgan fingerprint density at radius 3 is 2.46 bits per heavy atom. The van der Waals surface area contributed by atoms with Gasteiger partial charge in [0.1, 0.15) is 11.2 Å². The molecule has 0 bridgehead atoms. The minimum absolute atomic E-state index is 0.358. The molecule has 0 spiro atoms. The first-order valence-corrected chi connectivity index (χ1v) is 9.62. The Morgan fingerprint density at radius 1 is 1.15 bits per heavy atom. The Balaban J connectivity index is 1.86. The highest BCUT2D eigenvalue weighted by Gasteiger charge is 2.54. The van der Waals surface area contributed by atoms with Crippen LogP contribution < -0.4 is 5.73 Å². The van der Waals surface area contributed by atoms with Crippen molar-refractivity contribution in [1.29, 1.82) is 0 Å². The van der Waals surface area contributed by atoms with Crippen LogP contribution in [0.4, 0.5) is 0 Å². The van der Waals surface area contributed by atoms with Crippen molar-refractivity contribution in [3.8, 4) is 17.2 Å². The lowest BCUT2D eigenvalue weighted by molar-refractivity contribution is -0.120. The number of benzene rings is 1. The number of pyridine rings is 1. The molecular formula is C19H19N5OS. The molecule has 4 rings (SSSR count). The zero-order valence-electron chi connectivity index (χ0n) is 14.6. The van der Waals surface area contributed by atoms with E-state index in [-0.39, 0.29) is 5.91 Å². The van der Waals surface area contributed by atoms with Gasteiger partial charge in [-0.3, -0.25) is 4.79 Å². The highest BCUT2D eigenvalue weighted by atomic mass is 32.2. The van der Waals surface area contributed by atoms with Crippen molar-refractivity contribution in [3.63, 3.8) is 0 Å². The number of hydrogen-bond donors (Lipinski definition) is 1. The van der Waals surface area contributed by atoms with Gasteiger partial charge in [-0.05, 0) is 50.3 Å². The van der Waals surface area contributed by atoms with E-state index in [4.69, 9.17) is 10.7 Å².